The van der Waals surface area contributed by atoms with Crippen LogP contribution in [0.2, 0.25) is 0 Å². The molecule has 0 N–H and O–H groups in total. The lowest BCUT2D eigenvalue weighted by atomic mass is 10.4. The van der Waals surface area contributed by atoms with Gasteiger partial charge in [-0.15, -0.1) is 11.6 Å². The Kier molecular flexibility index (Phi) is 5.15. The van der Waals surface area contributed by atoms with Gasteiger partial charge in [-0.05, 0) is 38.2 Å². The van der Waals surface area contributed by atoms with E-state index in [9.17, 15) is 8.42 Å². The van der Waals surface area contributed by atoms with E-state index < -0.39 is 10.0 Å². The highest BCUT2D eigenvalue weighted by atomic mass is 35.5. The first-order valence-electron chi connectivity index (χ1n) is 7.28. The molecule has 0 amide bonds. The van der Waals surface area contributed by atoms with Crippen molar-refractivity contribution in [3.63, 3.8) is 0 Å². The number of halogens is 1. The van der Waals surface area contributed by atoms with Gasteiger partial charge in [0.05, 0.1) is 5.88 Å². The van der Waals surface area contributed by atoms with Gasteiger partial charge in [-0.2, -0.15) is 4.31 Å². The maximum Gasteiger partial charge on any atom is 0.244 e. The second-order valence-electron chi connectivity index (χ2n) is 5.39. The SMILES string of the molecule is CCCN(CC1CC1)S(=O)(=O)c1cc(CCl)n(CC)c1. The molecule has 20 heavy (non-hydrogen) atoms. The summed E-state index contributed by atoms with van der Waals surface area (Å²) in [5.74, 6) is 0.886. The summed E-state index contributed by atoms with van der Waals surface area (Å²) in [5.41, 5.74) is 0.857. The Morgan fingerprint density at radius 2 is 2.10 bits per heavy atom. The standard InChI is InChI=1S/C14H23ClN2O2S/c1-3-7-17(10-12-5-6-12)20(18,19)14-8-13(9-15)16(4-2)11-14/h8,11-12H,3-7,9-10H2,1-2H3. The summed E-state index contributed by atoms with van der Waals surface area (Å²) < 4.78 is 29.0. The predicted molar refractivity (Wildman–Crippen MR) is 81.4 cm³/mol. The van der Waals surface area contributed by atoms with Crippen molar-refractivity contribution in [1.29, 1.82) is 0 Å². The molecule has 0 saturated heterocycles. The van der Waals surface area contributed by atoms with Crippen LogP contribution in [0.4, 0.5) is 0 Å². The van der Waals surface area contributed by atoms with Crippen LogP contribution >= 0.6 is 11.6 Å². The van der Waals surface area contributed by atoms with Crippen molar-refractivity contribution in [2.24, 2.45) is 5.92 Å². The van der Waals surface area contributed by atoms with E-state index in [-0.39, 0.29) is 0 Å². The molecule has 0 bridgehead atoms. The first-order valence-corrected chi connectivity index (χ1v) is 9.25. The van der Waals surface area contributed by atoms with Crippen LogP contribution in [0.15, 0.2) is 17.2 Å². The number of alkyl halides is 1. The smallest absolute Gasteiger partial charge is 0.244 e. The molecule has 1 aliphatic rings. The second kappa shape index (κ2) is 6.50. The van der Waals surface area contributed by atoms with E-state index in [0.717, 1.165) is 31.5 Å². The zero-order chi connectivity index (χ0) is 14.8. The van der Waals surface area contributed by atoms with Crippen molar-refractivity contribution in [2.45, 2.75) is 50.4 Å². The van der Waals surface area contributed by atoms with Gasteiger partial charge in [0, 0.05) is 31.5 Å². The molecule has 1 aliphatic carbocycles. The van der Waals surface area contributed by atoms with Gasteiger partial charge in [-0.25, -0.2) is 8.42 Å². The van der Waals surface area contributed by atoms with Crippen molar-refractivity contribution in [3.05, 3.63) is 18.0 Å². The third-order valence-corrected chi connectivity index (χ3v) is 5.81. The summed E-state index contributed by atoms with van der Waals surface area (Å²) in [6, 6.07) is 1.71. The maximum absolute atomic E-state index is 12.8. The zero-order valence-electron chi connectivity index (χ0n) is 12.2. The Hall–Kier alpha value is -0.520. The average Bonchev–Trinajstić information content (AvgIpc) is 3.14. The number of hydrogen-bond donors (Lipinski definition) is 0. The number of rotatable bonds is 8. The minimum absolute atomic E-state index is 0.333. The van der Waals surface area contributed by atoms with Gasteiger partial charge in [-0.3, -0.25) is 0 Å². The van der Waals surface area contributed by atoms with Crippen LogP contribution in [0.25, 0.3) is 0 Å². The van der Waals surface area contributed by atoms with E-state index in [0.29, 0.717) is 29.8 Å². The lowest BCUT2D eigenvalue weighted by molar-refractivity contribution is 0.395. The third kappa shape index (κ3) is 3.38. The normalized spacial score (nSPS) is 16.0. The van der Waals surface area contributed by atoms with Gasteiger partial charge in [0.2, 0.25) is 10.0 Å². The molecule has 1 aromatic heterocycles. The number of aryl methyl sites for hydroxylation is 1. The minimum atomic E-state index is -3.39. The average molecular weight is 319 g/mol. The topological polar surface area (TPSA) is 42.3 Å². The zero-order valence-corrected chi connectivity index (χ0v) is 13.8. The first-order chi connectivity index (χ1) is 9.52. The second-order valence-corrected chi connectivity index (χ2v) is 7.60. The van der Waals surface area contributed by atoms with Crippen molar-refractivity contribution in [3.8, 4) is 0 Å². The summed E-state index contributed by atoms with van der Waals surface area (Å²) in [6.45, 7) is 5.97. The highest BCUT2D eigenvalue weighted by Crippen LogP contribution is 2.32. The van der Waals surface area contributed by atoms with E-state index in [1.165, 1.54) is 0 Å². The molecular formula is C14H23ClN2O2S. The van der Waals surface area contributed by atoms with Crippen LogP contribution in [0, 0.1) is 5.92 Å². The Bertz CT molecular complexity index is 528. The van der Waals surface area contributed by atoms with Crippen LogP contribution in [0.3, 0.4) is 0 Å². The molecule has 1 aromatic rings. The predicted octanol–water partition coefficient (Wildman–Crippen LogP) is 3.06. The summed E-state index contributed by atoms with van der Waals surface area (Å²) in [5, 5.41) is 0. The molecule has 0 aromatic carbocycles. The molecule has 2 rings (SSSR count). The molecule has 0 radical (unpaired) electrons. The van der Waals surface area contributed by atoms with Crippen LogP contribution in [0.5, 0.6) is 0 Å². The molecule has 114 valence electrons. The number of hydrogen-bond acceptors (Lipinski definition) is 2. The molecule has 0 spiro atoms. The van der Waals surface area contributed by atoms with Gasteiger partial charge < -0.3 is 4.57 Å². The van der Waals surface area contributed by atoms with Crippen LogP contribution in [-0.4, -0.2) is 30.4 Å². The Labute approximate surface area is 126 Å². The highest BCUT2D eigenvalue weighted by molar-refractivity contribution is 7.89. The summed E-state index contributed by atoms with van der Waals surface area (Å²) in [4.78, 5) is 0.379. The molecule has 4 nitrogen and oxygen atoms in total. The minimum Gasteiger partial charge on any atom is -0.349 e. The van der Waals surface area contributed by atoms with E-state index in [2.05, 4.69) is 0 Å². The molecule has 0 atom stereocenters. The van der Waals surface area contributed by atoms with E-state index in [1.54, 1.807) is 16.6 Å². The molecule has 1 fully saturated rings. The van der Waals surface area contributed by atoms with Crippen LogP contribution in [-0.2, 0) is 22.4 Å². The van der Waals surface area contributed by atoms with E-state index >= 15 is 0 Å². The van der Waals surface area contributed by atoms with Crippen LogP contribution < -0.4 is 0 Å². The Morgan fingerprint density at radius 3 is 2.55 bits per heavy atom. The fourth-order valence-electron chi connectivity index (χ4n) is 2.37. The molecule has 0 unspecified atom stereocenters. The fourth-order valence-corrected chi connectivity index (χ4v) is 4.27. The lowest BCUT2D eigenvalue weighted by Gasteiger charge is -2.20. The quantitative estimate of drug-likeness (QED) is 0.691. The van der Waals surface area contributed by atoms with E-state index in [4.69, 9.17) is 11.6 Å². The van der Waals surface area contributed by atoms with Gasteiger partial charge in [0.15, 0.2) is 0 Å². The van der Waals surface area contributed by atoms with Crippen LogP contribution in [0.1, 0.15) is 38.8 Å². The van der Waals surface area contributed by atoms with Gasteiger partial charge in [0.1, 0.15) is 4.90 Å². The number of nitrogens with zero attached hydrogens (tertiary/aromatic N) is 2. The van der Waals surface area contributed by atoms with Gasteiger partial charge >= 0.3 is 0 Å². The van der Waals surface area contributed by atoms with Crippen molar-refractivity contribution < 1.29 is 8.42 Å². The summed E-state index contributed by atoms with van der Waals surface area (Å²) >= 11 is 5.88. The molecule has 1 heterocycles. The molecule has 0 aliphatic heterocycles. The fraction of sp³-hybridized carbons (Fsp3) is 0.714. The largest absolute Gasteiger partial charge is 0.349 e. The molecule has 6 heteroatoms. The van der Waals surface area contributed by atoms with E-state index in [1.807, 2.05) is 18.4 Å². The summed E-state index contributed by atoms with van der Waals surface area (Å²) in [6.07, 6.45) is 4.85. The Balaban J connectivity index is 2.28. The monoisotopic (exact) mass is 318 g/mol. The first kappa shape index (κ1) is 15.9. The lowest BCUT2D eigenvalue weighted by Crippen LogP contribution is -2.33. The third-order valence-electron chi connectivity index (χ3n) is 3.71. The number of aromatic nitrogens is 1. The maximum atomic E-state index is 12.8. The Morgan fingerprint density at radius 1 is 1.40 bits per heavy atom. The van der Waals surface area contributed by atoms with Crippen molar-refractivity contribution >= 4 is 21.6 Å². The highest BCUT2D eigenvalue weighted by Gasteiger charge is 2.32. The van der Waals surface area contributed by atoms with Crippen molar-refractivity contribution in [2.75, 3.05) is 13.1 Å². The van der Waals surface area contributed by atoms with Crippen molar-refractivity contribution in [1.82, 2.24) is 8.87 Å². The summed E-state index contributed by atoms with van der Waals surface area (Å²) in [7, 11) is -3.39. The molecule has 1 saturated carbocycles. The van der Waals surface area contributed by atoms with Gasteiger partial charge in [0.25, 0.3) is 0 Å². The van der Waals surface area contributed by atoms with Gasteiger partial charge in [-0.1, -0.05) is 6.92 Å². The molecular weight excluding hydrogens is 296 g/mol. The number of sulfonamides is 1.